The van der Waals surface area contributed by atoms with Crippen LogP contribution in [-0.2, 0) is 10.2 Å². The predicted octanol–water partition coefficient (Wildman–Crippen LogP) is 3.98. The zero-order valence-corrected chi connectivity index (χ0v) is 14.1. The van der Waals surface area contributed by atoms with Gasteiger partial charge < -0.3 is 18.6 Å². The standard InChI is InChI=1S/C17H22O5/c1-9-8-11-13(22-10(2)18)12(17(3,4)5)15(19-6)16(20-7)14(11)21-9/h8H,1-7H3. The summed E-state index contributed by atoms with van der Waals surface area (Å²) in [6, 6.07) is 1.84. The van der Waals surface area contributed by atoms with E-state index in [0.717, 1.165) is 5.56 Å². The van der Waals surface area contributed by atoms with E-state index >= 15 is 0 Å². The van der Waals surface area contributed by atoms with E-state index in [1.807, 2.05) is 33.8 Å². The van der Waals surface area contributed by atoms with Crippen LogP contribution in [0.3, 0.4) is 0 Å². The molecule has 0 aliphatic carbocycles. The molecule has 0 amide bonds. The maximum absolute atomic E-state index is 11.6. The van der Waals surface area contributed by atoms with Gasteiger partial charge in [-0.15, -0.1) is 0 Å². The fourth-order valence-corrected chi connectivity index (χ4v) is 2.62. The van der Waals surface area contributed by atoms with Crippen molar-refractivity contribution in [2.75, 3.05) is 14.2 Å². The van der Waals surface area contributed by atoms with Crippen LogP contribution in [-0.4, -0.2) is 20.2 Å². The number of hydrogen-bond acceptors (Lipinski definition) is 5. The smallest absolute Gasteiger partial charge is 0.308 e. The van der Waals surface area contributed by atoms with Gasteiger partial charge in [-0.25, -0.2) is 0 Å². The largest absolute Gasteiger partial charge is 0.492 e. The fraction of sp³-hybridized carbons (Fsp3) is 0.471. The number of aryl methyl sites for hydroxylation is 1. The Balaban J connectivity index is 3.00. The third-order valence-corrected chi connectivity index (χ3v) is 3.37. The molecule has 0 saturated heterocycles. The summed E-state index contributed by atoms with van der Waals surface area (Å²) in [6.07, 6.45) is 0. The van der Waals surface area contributed by atoms with Crippen molar-refractivity contribution < 1.29 is 23.4 Å². The Morgan fingerprint density at radius 3 is 2.14 bits per heavy atom. The molecule has 2 aromatic rings. The summed E-state index contributed by atoms with van der Waals surface area (Å²) in [6.45, 7) is 9.28. The van der Waals surface area contributed by atoms with Gasteiger partial charge in [-0.1, -0.05) is 20.8 Å². The zero-order valence-electron chi connectivity index (χ0n) is 14.1. The highest BCUT2D eigenvalue weighted by atomic mass is 16.5. The molecule has 120 valence electrons. The molecular weight excluding hydrogens is 284 g/mol. The van der Waals surface area contributed by atoms with Crippen LogP contribution in [0.5, 0.6) is 17.2 Å². The molecule has 0 bridgehead atoms. The van der Waals surface area contributed by atoms with E-state index in [2.05, 4.69) is 0 Å². The number of hydrogen-bond donors (Lipinski definition) is 0. The van der Waals surface area contributed by atoms with Crippen molar-refractivity contribution in [2.45, 2.75) is 40.0 Å². The average Bonchev–Trinajstić information content (AvgIpc) is 2.77. The van der Waals surface area contributed by atoms with Crippen molar-refractivity contribution >= 4 is 16.9 Å². The van der Waals surface area contributed by atoms with E-state index in [9.17, 15) is 4.79 Å². The van der Waals surface area contributed by atoms with Crippen molar-refractivity contribution in [2.24, 2.45) is 0 Å². The number of ether oxygens (including phenoxy) is 3. The zero-order chi connectivity index (χ0) is 16.7. The SMILES string of the molecule is COc1c(C(C)(C)C)c(OC(C)=O)c2cc(C)oc2c1OC. The van der Waals surface area contributed by atoms with Gasteiger partial charge in [-0.3, -0.25) is 4.79 Å². The number of benzene rings is 1. The van der Waals surface area contributed by atoms with E-state index in [-0.39, 0.29) is 5.41 Å². The highest BCUT2D eigenvalue weighted by Gasteiger charge is 2.32. The first-order chi connectivity index (χ1) is 10.2. The Hall–Kier alpha value is -2.17. The lowest BCUT2D eigenvalue weighted by molar-refractivity contribution is -0.131. The summed E-state index contributed by atoms with van der Waals surface area (Å²) in [7, 11) is 3.12. The molecule has 1 aromatic carbocycles. The number of esters is 1. The molecule has 2 rings (SSSR count). The molecule has 5 heteroatoms. The minimum atomic E-state index is -0.391. The van der Waals surface area contributed by atoms with Gasteiger partial charge >= 0.3 is 5.97 Å². The summed E-state index contributed by atoms with van der Waals surface area (Å²) in [5.74, 6) is 1.80. The van der Waals surface area contributed by atoms with Crippen LogP contribution in [0.15, 0.2) is 10.5 Å². The minimum Gasteiger partial charge on any atom is -0.492 e. The van der Waals surface area contributed by atoms with Crippen molar-refractivity contribution in [3.63, 3.8) is 0 Å². The maximum Gasteiger partial charge on any atom is 0.308 e. The van der Waals surface area contributed by atoms with Crippen molar-refractivity contribution in [1.29, 1.82) is 0 Å². The average molecular weight is 306 g/mol. The van der Waals surface area contributed by atoms with E-state index in [1.54, 1.807) is 14.2 Å². The van der Waals surface area contributed by atoms with Gasteiger partial charge in [0.05, 0.1) is 19.6 Å². The van der Waals surface area contributed by atoms with Gasteiger partial charge in [0.25, 0.3) is 0 Å². The predicted molar refractivity (Wildman–Crippen MR) is 84.1 cm³/mol. The number of methoxy groups -OCH3 is 2. The van der Waals surface area contributed by atoms with Crippen LogP contribution in [0.25, 0.3) is 11.0 Å². The molecule has 0 aliphatic rings. The number of rotatable bonds is 3. The lowest BCUT2D eigenvalue weighted by atomic mass is 9.84. The second-order valence-corrected chi connectivity index (χ2v) is 6.21. The first-order valence-corrected chi connectivity index (χ1v) is 7.07. The van der Waals surface area contributed by atoms with Crippen molar-refractivity contribution in [3.05, 3.63) is 17.4 Å². The quantitative estimate of drug-likeness (QED) is 0.634. The van der Waals surface area contributed by atoms with Crippen molar-refractivity contribution in [1.82, 2.24) is 0 Å². The topological polar surface area (TPSA) is 57.9 Å². The second-order valence-electron chi connectivity index (χ2n) is 6.21. The number of fused-ring (bicyclic) bond motifs is 1. The Bertz CT molecular complexity index is 719. The Kier molecular flexibility index (Phi) is 4.09. The summed E-state index contributed by atoms with van der Waals surface area (Å²) in [5, 5.41) is 0.704. The van der Waals surface area contributed by atoms with Crippen LogP contribution in [0.1, 0.15) is 39.0 Å². The van der Waals surface area contributed by atoms with E-state index in [0.29, 0.717) is 34.0 Å². The maximum atomic E-state index is 11.6. The van der Waals surface area contributed by atoms with Gasteiger partial charge in [-0.05, 0) is 18.4 Å². The molecule has 0 N–H and O–H groups in total. The lowest BCUT2D eigenvalue weighted by Gasteiger charge is -2.26. The number of carbonyl (C=O) groups excluding carboxylic acids is 1. The third kappa shape index (κ3) is 2.63. The first-order valence-electron chi connectivity index (χ1n) is 7.07. The molecule has 22 heavy (non-hydrogen) atoms. The summed E-state index contributed by atoms with van der Waals surface area (Å²) >= 11 is 0. The van der Waals surface area contributed by atoms with Gasteiger partial charge in [-0.2, -0.15) is 0 Å². The molecule has 0 unspecified atom stereocenters. The van der Waals surface area contributed by atoms with Crippen LogP contribution >= 0.6 is 0 Å². The molecule has 0 spiro atoms. The lowest BCUT2D eigenvalue weighted by Crippen LogP contribution is -2.17. The number of carbonyl (C=O) groups is 1. The monoisotopic (exact) mass is 306 g/mol. The molecule has 0 atom stereocenters. The fourth-order valence-electron chi connectivity index (χ4n) is 2.62. The minimum absolute atomic E-state index is 0.317. The van der Waals surface area contributed by atoms with Crippen LogP contribution in [0, 0.1) is 6.92 Å². The van der Waals surface area contributed by atoms with Gasteiger partial charge in [0, 0.05) is 12.5 Å². The Morgan fingerprint density at radius 1 is 1.09 bits per heavy atom. The molecule has 0 fully saturated rings. The number of furan rings is 1. The molecule has 0 radical (unpaired) electrons. The molecular formula is C17H22O5. The molecule has 1 heterocycles. The highest BCUT2D eigenvalue weighted by molar-refractivity contribution is 5.96. The highest BCUT2D eigenvalue weighted by Crippen LogP contribution is 2.51. The second kappa shape index (κ2) is 5.55. The van der Waals surface area contributed by atoms with Crippen LogP contribution in [0.4, 0.5) is 0 Å². The Labute approximate surface area is 130 Å². The van der Waals surface area contributed by atoms with E-state index in [1.165, 1.54) is 6.92 Å². The van der Waals surface area contributed by atoms with Gasteiger partial charge in [0.1, 0.15) is 11.5 Å². The van der Waals surface area contributed by atoms with E-state index in [4.69, 9.17) is 18.6 Å². The summed E-state index contributed by atoms with van der Waals surface area (Å²) < 4.78 is 22.3. The molecule has 0 saturated carbocycles. The van der Waals surface area contributed by atoms with Crippen molar-refractivity contribution in [3.8, 4) is 17.2 Å². The molecule has 0 aliphatic heterocycles. The van der Waals surface area contributed by atoms with E-state index < -0.39 is 5.97 Å². The molecule has 5 nitrogen and oxygen atoms in total. The summed E-state index contributed by atoms with van der Waals surface area (Å²) in [5.41, 5.74) is 0.972. The summed E-state index contributed by atoms with van der Waals surface area (Å²) in [4.78, 5) is 11.6. The van der Waals surface area contributed by atoms with Gasteiger partial charge in [0.2, 0.25) is 5.75 Å². The normalized spacial score (nSPS) is 11.6. The van der Waals surface area contributed by atoms with Gasteiger partial charge in [0.15, 0.2) is 11.3 Å². The first kappa shape index (κ1) is 16.2. The third-order valence-electron chi connectivity index (χ3n) is 3.37. The Morgan fingerprint density at radius 2 is 1.68 bits per heavy atom. The van der Waals surface area contributed by atoms with Crippen LogP contribution in [0.2, 0.25) is 0 Å². The molecule has 1 aromatic heterocycles. The van der Waals surface area contributed by atoms with Crippen LogP contribution < -0.4 is 14.2 Å².